The van der Waals surface area contributed by atoms with Gasteiger partial charge in [-0.25, -0.2) is 8.42 Å². The maximum Gasteiger partial charge on any atom is 0.215 e. The van der Waals surface area contributed by atoms with E-state index in [1.807, 2.05) is 6.20 Å². The molecule has 2 heterocycles. The first kappa shape index (κ1) is 20.6. The number of ether oxygens (including phenoxy) is 1. The summed E-state index contributed by atoms with van der Waals surface area (Å²) in [5.41, 5.74) is 3.62. The van der Waals surface area contributed by atoms with Crippen molar-refractivity contribution >= 4 is 26.9 Å². The number of aromatic amines is 1. The molecule has 0 saturated carbocycles. The molecule has 3 N–H and O–H groups in total. The van der Waals surface area contributed by atoms with E-state index in [9.17, 15) is 8.42 Å². The summed E-state index contributed by atoms with van der Waals surface area (Å²) in [7, 11) is -1.59. The van der Waals surface area contributed by atoms with Crippen molar-refractivity contribution in [2.45, 2.75) is 13.3 Å². The minimum atomic E-state index is -3.27. The first-order valence-electron chi connectivity index (χ1n) is 9.56. The summed E-state index contributed by atoms with van der Waals surface area (Å²) in [5.74, 6) is 0.642. The van der Waals surface area contributed by atoms with Crippen molar-refractivity contribution in [3.63, 3.8) is 0 Å². The van der Waals surface area contributed by atoms with E-state index in [1.54, 1.807) is 7.05 Å². The molecule has 0 atom stereocenters. The van der Waals surface area contributed by atoms with E-state index in [-0.39, 0.29) is 5.75 Å². The van der Waals surface area contributed by atoms with Crippen LogP contribution in [0.1, 0.15) is 11.1 Å². The molecule has 0 unspecified atom stereocenters. The average molecular weight is 408 g/mol. The van der Waals surface area contributed by atoms with Crippen LogP contribution in [0.2, 0.25) is 0 Å². The molecule has 8 nitrogen and oxygen atoms in total. The van der Waals surface area contributed by atoms with E-state index in [0.29, 0.717) is 45.4 Å². The van der Waals surface area contributed by atoms with Crippen LogP contribution < -0.4 is 10.6 Å². The molecule has 1 aromatic heterocycles. The molecule has 9 heteroatoms. The van der Waals surface area contributed by atoms with Gasteiger partial charge < -0.3 is 20.4 Å². The van der Waals surface area contributed by atoms with E-state index >= 15 is 0 Å². The van der Waals surface area contributed by atoms with Gasteiger partial charge in [0.05, 0.1) is 19.0 Å². The van der Waals surface area contributed by atoms with Crippen LogP contribution in [-0.2, 0) is 21.2 Å². The number of guanidine groups is 1. The first-order valence-corrected chi connectivity index (χ1v) is 11.2. The lowest BCUT2D eigenvalue weighted by Crippen LogP contribution is -2.45. The van der Waals surface area contributed by atoms with Gasteiger partial charge in [-0.05, 0) is 30.5 Å². The normalized spacial score (nSPS) is 16.4. The second kappa shape index (κ2) is 9.40. The number of sulfonamides is 1. The van der Waals surface area contributed by atoms with Gasteiger partial charge in [0.25, 0.3) is 0 Å². The molecule has 0 bridgehead atoms. The summed E-state index contributed by atoms with van der Waals surface area (Å²) >= 11 is 0. The maximum absolute atomic E-state index is 12.3. The number of morpholine rings is 1. The summed E-state index contributed by atoms with van der Waals surface area (Å²) in [4.78, 5) is 7.48. The molecule has 1 aromatic carbocycles. The molecule has 0 radical (unpaired) electrons. The van der Waals surface area contributed by atoms with E-state index < -0.39 is 10.0 Å². The van der Waals surface area contributed by atoms with Crippen molar-refractivity contribution in [3.8, 4) is 0 Å². The van der Waals surface area contributed by atoms with Crippen LogP contribution >= 0.6 is 0 Å². The lowest BCUT2D eigenvalue weighted by molar-refractivity contribution is 0.0730. The Morgan fingerprint density at radius 3 is 2.75 bits per heavy atom. The predicted octanol–water partition coefficient (Wildman–Crippen LogP) is 0.846. The second-order valence-corrected chi connectivity index (χ2v) is 8.95. The Bertz CT molecular complexity index is 917. The minimum absolute atomic E-state index is 0.0372. The highest BCUT2D eigenvalue weighted by molar-refractivity contribution is 7.89. The molecule has 0 aliphatic carbocycles. The van der Waals surface area contributed by atoms with E-state index in [4.69, 9.17) is 4.74 Å². The van der Waals surface area contributed by atoms with Gasteiger partial charge in [0.1, 0.15) is 0 Å². The number of H-pyrrole nitrogens is 1. The fourth-order valence-corrected chi connectivity index (χ4v) is 4.62. The van der Waals surface area contributed by atoms with Gasteiger partial charge in [-0.1, -0.05) is 12.1 Å². The largest absolute Gasteiger partial charge is 0.379 e. The molecule has 154 valence electrons. The van der Waals surface area contributed by atoms with Gasteiger partial charge in [-0.3, -0.25) is 4.99 Å². The summed E-state index contributed by atoms with van der Waals surface area (Å²) < 4.78 is 31.4. The van der Waals surface area contributed by atoms with Gasteiger partial charge in [0.15, 0.2) is 5.96 Å². The highest BCUT2D eigenvalue weighted by Crippen LogP contribution is 2.19. The Balaban J connectivity index is 1.44. The number of rotatable bonds is 7. The zero-order chi connectivity index (χ0) is 20.0. The SMILES string of the molecule is CN=C(NCCc1c[nH]c2cc(C)ccc12)NCCS(=O)(=O)N1CCOCC1. The summed E-state index contributed by atoms with van der Waals surface area (Å²) in [5, 5.41) is 7.56. The molecule has 2 aromatic rings. The van der Waals surface area contributed by atoms with Crippen LogP contribution in [0.5, 0.6) is 0 Å². The van der Waals surface area contributed by atoms with Crippen LogP contribution in [0.4, 0.5) is 0 Å². The molecule has 1 aliphatic rings. The Labute approximate surface area is 166 Å². The molecule has 0 amide bonds. The molecule has 3 rings (SSSR count). The highest BCUT2D eigenvalue weighted by Gasteiger charge is 2.23. The van der Waals surface area contributed by atoms with Crippen LogP contribution in [-0.4, -0.2) is 75.9 Å². The van der Waals surface area contributed by atoms with Gasteiger partial charge in [0.2, 0.25) is 10.0 Å². The van der Waals surface area contributed by atoms with Crippen molar-refractivity contribution < 1.29 is 13.2 Å². The number of aliphatic imine (C=N–C) groups is 1. The van der Waals surface area contributed by atoms with Crippen molar-refractivity contribution in [2.24, 2.45) is 4.99 Å². The van der Waals surface area contributed by atoms with Crippen LogP contribution in [0.3, 0.4) is 0 Å². The number of hydrogen-bond donors (Lipinski definition) is 3. The number of benzene rings is 1. The van der Waals surface area contributed by atoms with Crippen molar-refractivity contribution in [3.05, 3.63) is 35.5 Å². The Morgan fingerprint density at radius 1 is 1.25 bits per heavy atom. The van der Waals surface area contributed by atoms with E-state index in [2.05, 4.69) is 45.7 Å². The van der Waals surface area contributed by atoms with Crippen LogP contribution in [0, 0.1) is 6.92 Å². The van der Waals surface area contributed by atoms with Crippen molar-refractivity contribution in [1.82, 2.24) is 19.9 Å². The summed E-state index contributed by atoms with van der Waals surface area (Å²) in [6.07, 6.45) is 2.88. The third kappa shape index (κ3) is 5.24. The smallest absolute Gasteiger partial charge is 0.215 e. The number of aryl methyl sites for hydroxylation is 1. The van der Waals surface area contributed by atoms with Crippen molar-refractivity contribution in [1.29, 1.82) is 0 Å². The third-order valence-electron chi connectivity index (χ3n) is 4.85. The summed E-state index contributed by atoms with van der Waals surface area (Å²) in [6, 6.07) is 6.39. The molecule has 1 saturated heterocycles. The van der Waals surface area contributed by atoms with E-state index in [0.717, 1.165) is 11.9 Å². The lowest BCUT2D eigenvalue weighted by Gasteiger charge is -2.26. The molecule has 28 heavy (non-hydrogen) atoms. The van der Waals surface area contributed by atoms with Crippen LogP contribution in [0.25, 0.3) is 10.9 Å². The number of nitrogens with one attached hydrogen (secondary N) is 3. The third-order valence-corrected chi connectivity index (χ3v) is 6.72. The monoisotopic (exact) mass is 407 g/mol. The van der Waals surface area contributed by atoms with Crippen LogP contribution in [0.15, 0.2) is 29.4 Å². The summed E-state index contributed by atoms with van der Waals surface area (Å²) in [6.45, 7) is 4.88. The Kier molecular flexibility index (Phi) is 6.93. The number of fused-ring (bicyclic) bond motifs is 1. The van der Waals surface area contributed by atoms with Gasteiger partial charge in [-0.15, -0.1) is 0 Å². The zero-order valence-corrected chi connectivity index (χ0v) is 17.3. The molecular weight excluding hydrogens is 378 g/mol. The maximum atomic E-state index is 12.3. The topological polar surface area (TPSA) is 98.8 Å². The number of nitrogens with zero attached hydrogens (tertiary/aromatic N) is 2. The van der Waals surface area contributed by atoms with Crippen molar-refractivity contribution in [2.75, 3.05) is 52.2 Å². The minimum Gasteiger partial charge on any atom is -0.379 e. The van der Waals surface area contributed by atoms with Gasteiger partial charge in [-0.2, -0.15) is 4.31 Å². The predicted molar refractivity (Wildman–Crippen MR) is 112 cm³/mol. The van der Waals surface area contributed by atoms with Gasteiger partial charge >= 0.3 is 0 Å². The Morgan fingerprint density at radius 2 is 2.00 bits per heavy atom. The molecular formula is C19H29N5O3S. The lowest BCUT2D eigenvalue weighted by atomic mass is 10.1. The average Bonchev–Trinajstić information content (AvgIpc) is 3.09. The van der Waals surface area contributed by atoms with Gasteiger partial charge in [0, 0.05) is 50.3 Å². The molecule has 1 aliphatic heterocycles. The Hall–Kier alpha value is -2.10. The number of hydrogen-bond acceptors (Lipinski definition) is 4. The fourth-order valence-electron chi connectivity index (χ4n) is 3.30. The molecule has 0 spiro atoms. The second-order valence-electron chi connectivity index (χ2n) is 6.87. The number of aromatic nitrogens is 1. The quantitative estimate of drug-likeness (QED) is 0.467. The standard InChI is InChI=1S/C19H29N5O3S/c1-15-3-4-17-16(14-23-18(17)13-15)5-6-21-19(20-2)22-7-12-28(25,26)24-8-10-27-11-9-24/h3-4,13-14,23H,5-12H2,1-2H3,(H2,20,21,22). The molecule has 1 fully saturated rings. The highest BCUT2D eigenvalue weighted by atomic mass is 32.2. The first-order chi connectivity index (χ1) is 13.5. The fraction of sp³-hybridized carbons (Fsp3) is 0.526. The van der Waals surface area contributed by atoms with E-state index in [1.165, 1.54) is 20.8 Å². The zero-order valence-electron chi connectivity index (χ0n) is 16.5.